The number of carbonyl (C=O) groups excluding carboxylic acids is 1. The van der Waals surface area contributed by atoms with E-state index in [4.69, 9.17) is 4.74 Å². The van der Waals surface area contributed by atoms with Crippen LogP contribution in [-0.2, 0) is 9.53 Å². The van der Waals surface area contributed by atoms with Gasteiger partial charge in [-0.1, -0.05) is 6.07 Å². The predicted molar refractivity (Wildman–Crippen MR) is 64.7 cm³/mol. The van der Waals surface area contributed by atoms with Crippen molar-refractivity contribution < 1.29 is 9.53 Å². The number of amides is 1. The second kappa shape index (κ2) is 6.20. The van der Waals surface area contributed by atoms with Gasteiger partial charge < -0.3 is 15.4 Å². The highest BCUT2D eigenvalue weighted by Crippen LogP contribution is 2.11. The van der Waals surface area contributed by atoms with Gasteiger partial charge in [0.15, 0.2) is 0 Å². The molecule has 92 valence electrons. The maximum atomic E-state index is 11.6. The number of ether oxygens (including phenoxy) is 1. The van der Waals surface area contributed by atoms with Crippen molar-refractivity contribution in [1.82, 2.24) is 10.3 Å². The summed E-state index contributed by atoms with van der Waals surface area (Å²) in [5.74, 6) is 0.945. The Morgan fingerprint density at radius 2 is 2.41 bits per heavy atom. The lowest BCUT2D eigenvalue weighted by molar-refractivity contribution is -0.124. The molecule has 2 rings (SSSR count). The fourth-order valence-corrected chi connectivity index (χ4v) is 1.73. The Labute approximate surface area is 101 Å². The average molecular weight is 235 g/mol. The number of hydrogen-bond acceptors (Lipinski definition) is 4. The zero-order chi connectivity index (χ0) is 11.9. The Morgan fingerprint density at radius 3 is 3.12 bits per heavy atom. The quantitative estimate of drug-likeness (QED) is 0.735. The molecule has 0 spiro atoms. The highest BCUT2D eigenvalue weighted by molar-refractivity contribution is 5.78. The van der Waals surface area contributed by atoms with Crippen molar-refractivity contribution in [1.29, 1.82) is 0 Å². The molecule has 0 aromatic carbocycles. The molecule has 1 unspecified atom stereocenters. The van der Waals surface area contributed by atoms with Gasteiger partial charge in [-0.05, 0) is 18.6 Å². The third-order valence-electron chi connectivity index (χ3n) is 2.70. The lowest BCUT2D eigenvalue weighted by Crippen LogP contribution is -2.34. The van der Waals surface area contributed by atoms with Crippen LogP contribution in [0.15, 0.2) is 24.4 Å². The summed E-state index contributed by atoms with van der Waals surface area (Å²) < 4.78 is 5.17. The van der Waals surface area contributed by atoms with E-state index in [1.165, 1.54) is 0 Å². The molecule has 1 aliphatic heterocycles. The van der Waals surface area contributed by atoms with Gasteiger partial charge in [0.25, 0.3) is 0 Å². The van der Waals surface area contributed by atoms with Crippen LogP contribution in [0.2, 0.25) is 0 Å². The Morgan fingerprint density at radius 1 is 1.47 bits per heavy atom. The molecule has 5 nitrogen and oxygen atoms in total. The largest absolute Gasteiger partial charge is 0.381 e. The number of nitrogens with one attached hydrogen (secondary N) is 2. The van der Waals surface area contributed by atoms with E-state index in [-0.39, 0.29) is 11.8 Å². The van der Waals surface area contributed by atoms with E-state index in [1.54, 1.807) is 6.20 Å². The lowest BCUT2D eigenvalue weighted by atomic mass is 10.1. The van der Waals surface area contributed by atoms with E-state index in [1.807, 2.05) is 18.2 Å². The molecule has 1 saturated heterocycles. The summed E-state index contributed by atoms with van der Waals surface area (Å²) in [6.07, 6.45) is 2.57. The molecule has 0 saturated carbocycles. The first-order valence-corrected chi connectivity index (χ1v) is 5.86. The SMILES string of the molecule is O=C(NCCNc1ccccn1)C1CCOC1. The molecule has 1 amide bonds. The van der Waals surface area contributed by atoms with E-state index in [9.17, 15) is 4.79 Å². The van der Waals surface area contributed by atoms with Crippen molar-refractivity contribution >= 4 is 11.7 Å². The minimum Gasteiger partial charge on any atom is -0.381 e. The van der Waals surface area contributed by atoms with Gasteiger partial charge in [0.05, 0.1) is 12.5 Å². The standard InChI is InChI=1S/C12H17N3O2/c16-12(10-4-8-17-9-10)15-7-6-14-11-3-1-2-5-13-11/h1-3,5,10H,4,6-9H2,(H,13,14)(H,15,16). The molecular weight excluding hydrogens is 218 g/mol. The first kappa shape index (κ1) is 11.9. The van der Waals surface area contributed by atoms with Gasteiger partial charge in [0, 0.05) is 25.9 Å². The first-order valence-electron chi connectivity index (χ1n) is 5.86. The molecule has 17 heavy (non-hydrogen) atoms. The van der Waals surface area contributed by atoms with Crippen LogP contribution in [0.1, 0.15) is 6.42 Å². The summed E-state index contributed by atoms with van der Waals surface area (Å²) in [5.41, 5.74) is 0. The van der Waals surface area contributed by atoms with Crippen LogP contribution >= 0.6 is 0 Å². The predicted octanol–water partition coefficient (Wildman–Crippen LogP) is 0.646. The fraction of sp³-hybridized carbons (Fsp3) is 0.500. The molecular formula is C12H17N3O2. The average Bonchev–Trinajstić information content (AvgIpc) is 2.89. The Bertz CT molecular complexity index is 350. The second-order valence-electron chi connectivity index (χ2n) is 3.99. The molecule has 5 heteroatoms. The van der Waals surface area contributed by atoms with Crippen LogP contribution < -0.4 is 10.6 Å². The number of anilines is 1. The van der Waals surface area contributed by atoms with Gasteiger partial charge in [-0.15, -0.1) is 0 Å². The number of nitrogens with zero attached hydrogens (tertiary/aromatic N) is 1. The molecule has 1 fully saturated rings. The van der Waals surface area contributed by atoms with Gasteiger partial charge >= 0.3 is 0 Å². The Balaban J connectivity index is 1.61. The van der Waals surface area contributed by atoms with Crippen LogP contribution in [-0.4, -0.2) is 37.2 Å². The lowest BCUT2D eigenvalue weighted by Gasteiger charge is -2.10. The summed E-state index contributed by atoms with van der Waals surface area (Å²) in [6.45, 7) is 2.53. The molecule has 0 bridgehead atoms. The molecule has 2 heterocycles. The van der Waals surface area contributed by atoms with Gasteiger partial charge in [0.1, 0.15) is 5.82 Å². The molecule has 0 radical (unpaired) electrons. The molecule has 1 aliphatic rings. The molecule has 1 aromatic heterocycles. The Kier molecular flexibility index (Phi) is 4.32. The van der Waals surface area contributed by atoms with E-state index in [0.717, 1.165) is 12.2 Å². The molecule has 1 atom stereocenters. The summed E-state index contributed by atoms with van der Waals surface area (Å²) in [7, 11) is 0. The second-order valence-corrected chi connectivity index (χ2v) is 3.99. The number of rotatable bonds is 5. The monoisotopic (exact) mass is 235 g/mol. The van der Waals surface area contributed by atoms with Crippen LogP contribution in [0.4, 0.5) is 5.82 Å². The van der Waals surface area contributed by atoms with E-state index >= 15 is 0 Å². The maximum absolute atomic E-state index is 11.6. The Hall–Kier alpha value is -1.62. The minimum atomic E-state index is 0.0323. The summed E-state index contributed by atoms with van der Waals surface area (Å²) in [5, 5.41) is 6.02. The first-order chi connectivity index (χ1) is 8.36. The topological polar surface area (TPSA) is 63.2 Å². The van der Waals surface area contributed by atoms with Crippen molar-refractivity contribution in [2.75, 3.05) is 31.6 Å². The van der Waals surface area contributed by atoms with Crippen LogP contribution in [0, 0.1) is 5.92 Å². The van der Waals surface area contributed by atoms with E-state index in [2.05, 4.69) is 15.6 Å². The van der Waals surface area contributed by atoms with Crippen molar-refractivity contribution in [2.24, 2.45) is 5.92 Å². The number of aromatic nitrogens is 1. The van der Waals surface area contributed by atoms with Crippen LogP contribution in [0.3, 0.4) is 0 Å². The number of carbonyl (C=O) groups is 1. The third-order valence-corrected chi connectivity index (χ3v) is 2.70. The number of hydrogen-bond donors (Lipinski definition) is 2. The normalized spacial score (nSPS) is 18.9. The van der Waals surface area contributed by atoms with Crippen molar-refractivity contribution in [3.8, 4) is 0 Å². The highest BCUT2D eigenvalue weighted by atomic mass is 16.5. The molecule has 0 aliphatic carbocycles. The smallest absolute Gasteiger partial charge is 0.225 e. The summed E-state index contributed by atoms with van der Waals surface area (Å²) in [6, 6.07) is 5.68. The summed E-state index contributed by atoms with van der Waals surface area (Å²) in [4.78, 5) is 15.8. The maximum Gasteiger partial charge on any atom is 0.225 e. The van der Waals surface area contributed by atoms with E-state index < -0.39 is 0 Å². The molecule has 2 N–H and O–H groups in total. The summed E-state index contributed by atoms with van der Waals surface area (Å²) >= 11 is 0. The van der Waals surface area contributed by atoms with Gasteiger partial charge in [-0.3, -0.25) is 4.79 Å². The third kappa shape index (κ3) is 3.71. The van der Waals surface area contributed by atoms with Crippen molar-refractivity contribution in [2.45, 2.75) is 6.42 Å². The molecule has 1 aromatic rings. The van der Waals surface area contributed by atoms with Gasteiger partial charge in [0.2, 0.25) is 5.91 Å². The highest BCUT2D eigenvalue weighted by Gasteiger charge is 2.22. The van der Waals surface area contributed by atoms with Crippen molar-refractivity contribution in [3.63, 3.8) is 0 Å². The zero-order valence-corrected chi connectivity index (χ0v) is 9.69. The van der Waals surface area contributed by atoms with Crippen LogP contribution in [0.25, 0.3) is 0 Å². The van der Waals surface area contributed by atoms with Crippen LogP contribution in [0.5, 0.6) is 0 Å². The zero-order valence-electron chi connectivity index (χ0n) is 9.69. The fourth-order valence-electron chi connectivity index (χ4n) is 1.73. The van der Waals surface area contributed by atoms with Crippen molar-refractivity contribution in [3.05, 3.63) is 24.4 Å². The van der Waals surface area contributed by atoms with Gasteiger partial charge in [-0.2, -0.15) is 0 Å². The number of pyridine rings is 1. The van der Waals surface area contributed by atoms with E-state index in [0.29, 0.717) is 26.3 Å². The minimum absolute atomic E-state index is 0.0323. The van der Waals surface area contributed by atoms with Gasteiger partial charge in [-0.25, -0.2) is 4.98 Å².